The lowest BCUT2D eigenvalue weighted by atomic mass is 9.96. The Morgan fingerprint density at radius 1 is 1.11 bits per heavy atom. The van der Waals surface area contributed by atoms with E-state index >= 15 is 0 Å². The van der Waals surface area contributed by atoms with Gasteiger partial charge in [-0.2, -0.15) is 0 Å². The van der Waals surface area contributed by atoms with E-state index in [2.05, 4.69) is 46.7 Å². The molecule has 0 saturated carbocycles. The summed E-state index contributed by atoms with van der Waals surface area (Å²) in [6.07, 6.45) is 1.80. The molecule has 0 spiro atoms. The lowest BCUT2D eigenvalue weighted by Gasteiger charge is -2.28. The van der Waals surface area contributed by atoms with Gasteiger partial charge in [-0.15, -0.1) is 0 Å². The molecule has 1 fully saturated rings. The molecule has 0 bridgehead atoms. The normalized spacial score (nSPS) is 19.2. The number of pyridine rings is 1. The molecule has 1 N–H and O–H groups in total. The van der Waals surface area contributed by atoms with Gasteiger partial charge < -0.3 is 14.8 Å². The van der Waals surface area contributed by atoms with Crippen LogP contribution in [0, 0.1) is 26.6 Å². The third-order valence-corrected chi connectivity index (χ3v) is 5.97. The van der Waals surface area contributed by atoms with Crippen LogP contribution in [0.5, 0.6) is 0 Å². The number of hydrogen-bond acceptors (Lipinski definition) is 2. The summed E-state index contributed by atoms with van der Waals surface area (Å²) < 4.78 is 16.1. The summed E-state index contributed by atoms with van der Waals surface area (Å²) in [7, 11) is 2.07. The molecule has 4 rings (SSSR count). The number of rotatable bonds is 3. The van der Waals surface area contributed by atoms with E-state index in [9.17, 15) is 4.39 Å². The second kappa shape index (κ2) is 7.02. The lowest BCUT2D eigenvalue weighted by Crippen LogP contribution is -2.29. The van der Waals surface area contributed by atoms with Crippen molar-refractivity contribution in [2.24, 2.45) is 7.05 Å². The van der Waals surface area contributed by atoms with Gasteiger partial charge in [0.05, 0.1) is 17.8 Å². The van der Waals surface area contributed by atoms with Crippen LogP contribution in [0.25, 0.3) is 0 Å². The maximum Gasteiger partial charge on any atom is 0.174 e. The molecule has 3 aromatic rings. The number of nitrogens with one attached hydrogen (secondary N) is 1. The molecule has 1 saturated heterocycles. The SMILES string of the molecule is Cc1cc(N2C(=S)N[C@H](c3ccccn3)[C@@H]2c2cc(C)n(C)c2C)ccc1F. The fourth-order valence-electron chi connectivity index (χ4n) is 3.91. The Labute approximate surface area is 170 Å². The van der Waals surface area contributed by atoms with Crippen molar-refractivity contribution in [3.63, 3.8) is 0 Å². The van der Waals surface area contributed by atoms with Gasteiger partial charge in [0.25, 0.3) is 0 Å². The maximum absolute atomic E-state index is 13.9. The highest BCUT2D eigenvalue weighted by molar-refractivity contribution is 7.80. The van der Waals surface area contributed by atoms with E-state index in [0.29, 0.717) is 10.7 Å². The molecule has 2 atom stereocenters. The van der Waals surface area contributed by atoms with Gasteiger partial charge in [0.1, 0.15) is 5.82 Å². The minimum absolute atomic E-state index is 0.0767. The van der Waals surface area contributed by atoms with Crippen LogP contribution in [0.15, 0.2) is 48.7 Å². The van der Waals surface area contributed by atoms with Gasteiger partial charge in [0, 0.05) is 30.3 Å². The lowest BCUT2D eigenvalue weighted by molar-refractivity contribution is 0.564. The third kappa shape index (κ3) is 2.98. The number of aryl methyl sites for hydroxylation is 2. The number of aromatic nitrogens is 2. The molecule has 28 heavy (non-hydrogen) atoms. The van der Waals surface area contributed by atoms with Crippen molar-refractivity contribution in [1.29, 1.82) is 0 Å². The first-order chi connectivity index (χ1) is 13.4. The molecule has 4 nitrogen and oxygen atoms in total. The van der Waals surface area contributed by atoms with Crippen LogP contribution >= 0.6 is 12.2 Å². The molecular formula is C22H23FN4S. The second-order valence-corrected chi connectivity index (χ2v) is 7.70. The largest absolute Gasteiger partial charge is 0.352 e. The topological polar surface area (TPSA) is 33.1 Å². The molecular weight excluding hydrogens is 371 g/mol. The van der Waals surface area contributed by atoms with E-state index in [1.807, 2.05) is 24.3 Å². The van der Waals surface area contributed by atoms with Crippen LogP contribution < -0.4 is 10.2 Å². The van der Waals surface area contributed by atoms with Gasteiger partial charge in [-0.1, -0.05) is 6.07 Å². The maximum atomic E-state index is 13.9. The van der Waals surface area contributed by atoms with Crippen molar-refractivity contribution >= 4 is 23.0 Å². The van der Waals surface area contributed by atoms with Gasteiger partial charge >= 0.3 is 0 Å². The van der Waals surface area contributed by atoms with E-state index in [0.717, 1.165) is 11.4 Å². The Bertz CT molecular complexity index is 1040. The van der Waals surface area contributed by atoms with Crippen molar-refractivity contribution in [3.8, 4) is 0 Å². The third-order valence-electron chi connectivity index (χ3n) is 5.65. The molecule has 2 aromatic heterocycles. The van der Waals surface area contributed by atoms with Crippen LogP contribution in [0.2, 0.25) is 0 Å². The van der Waals surface area contributed by atoms with Gasteiger partial charge in [0.15, 0.2) is 5.11 Å². The highest BCUT2D eigenvalue weighted by atomic mass is 32.1. The summed E-state index contributed by atoms with van der Waals surface area (Å²) in [5.41, 5.74) is 5.95. The molecule has 1 aliphatic rings. The van der Waals surface area contributed by atoms with Crippen LogP contribution in [-0.4, -0.2) is 14.7 Å². The molecule has 0 radical (unpaired) electrons. The molecule has 1 aliphatic heterocycles. The number of thiocarbonyl (C=S) groups is 1. The molecule has 6 heteroatoms. The van der Waals surface area contributed by atoms with Crippen LogP contribution in [0.3, 0.4) is 0 Å². The van der Waals surface area contributed by atoms with Crippen LogP contribution in [0.4, 0.5) is 10.1 Å². The fraction of sp³-hybridized carbons (Fsp3) is 0.273. The van der Waals surface area contributed by atoms with Crippen molar-refractivity contribution < 1.29 is 4.39 Å². The summed E-state index contributed by atoms with van der Waals surface area (Å²) in [4.78, 5) is 6.66. The Balaban J connectivity index is 1.89. The first-order valence-corrected chi connectivity index (χ1v) is 9.69. The van der Waals surface area contributed by atoms with Crippen molar-refractivity contribution in [2.75, 3.05) is 4.90 Å². The van der Waals surface area contributed by atoms with E-state index in [4.69, 9.17) is 12.2 Å². The molecule has 0 aliphatic carbocycles. The second-order valence-electron chi connectivity index (χ2n) is 7.32. The summed E-state index contributed by atoms with van der Waals surface area (Å²) in [5.74, 6) is -0.216. The minimum Gasteiger partial charge on any atom is -0.352 e. The summed E-state index contributed by atoms with van der Waals surface area (Å²) in [5, 5.41) is 4.07. The van der Waals surface area contributed by atoms with Gasteiger partial charge in [-0.05, 0) is 80.5 Å². The number of anilines is 1. The van der Waals surface area contributed by atoms with E-state index in [1.165, 1.54) is 23.0 Å². The summed E-state index contributed by atoms with van der Waals surface area (Å²) in [6.45, 7) is 5.99. The molecule has 144 valence electrons. The van der Waals surface area contributed by atoms with Crippen molar-refractivity contribution in [3.05, 3.63) is 82.7 Å². The number of halogens is 1. The smallest absolute Gasteiger partial charge is 0.174 e. The quantitative estimate of drug-likeness (QED) is 0.655. The summed E-state index contributed by atoms with van der Waals surface area (Å²) in [6, 6.07) is 13.1. The Morgan fingerprint density at radius 3 is 2.50 bits per heavy atom. The molecule has 3 heterocycles. The standard InChI is InChI=1S/C22H23FN4S/c1-13-11-16(8-9-18(13)23)27-21(17-12-14(2)26(4)15(17)3)20(25-22(27)28)19-7-5-6-10-24-19/h5-12,20-21H,1-4H3,(H,25,28)/t20-,21+/m1/s1. The molecule has 0 amide bonds. The molecule has 1 aromatic carbocycles. The number of hydrogen-bond donors (Lipinski definition) is 1. The Morgan fingerprint density at radius 2 is 1.89 bits per heavy atom. The Hall–Kier alpha value is -2.73. The van der Waals surface area contributed by atoms with Crippen molar-refractivity contribution in [1.82, 2.24) is 14.9 Å². The predicted molar refractivity (Wildman–Crippen MR) is 114 cm³/mol. The summed E-state index contributed by atoms with van der Waals surface area (Å²) >= 11 is 5.72. The van der Waals surface area contributed by atoms with Gasteiger partial charge in [-0.3, -0.25) is 4.98 Å². The average molecular weight is 395 g/mol. The number of nitrogens with zero attached hydrogens (tertiary/aromatic N) is 3. The van der Waals surface area contributed by atoms with Gasteiger partial charge in [0.2, 0.25) is 0 Å². The zero-order valence-electron chi connectivity index (χ0n) is 16.4. The predicted octanol–water partition coefficient (Wildman–Crippen LogP) is 4.66. The highest BCUT2D eigenvalue weighted by Crippen LogP contribution is 2.43. The highest BCUT2D eigenvalue weighted by Gasteiger charge is 2.42. The van der Waals surface area contributed by atoms with Crippen LogP contribution in [-0.2, 0) is 7.05 Å². The van der Waals surface area contributed by atoms with Gasteiger partial charge in [-0.25, -0.2) is 4.39 Å². The number of benzene rings is 1. The van der Waals surface area contributed by atoms with E-state index in [1.54, 1.807) is 19.2 Å². The zero-order valence-corrected chi connectivity index (χ0v) is 17.2. The first kappa shape index (κ1) is 18.6. The first-order valence-electron chi connectivity index (χ1n) is 9.28. The van der Waals surface area contributed by atoms with Crippen LogP contribution in [0.1, 0.15) is 40.3 Å². The average Bonchev–Trinajstić information content (AvgIpc) is 3.16. The van der Waals surface area contributed by atoms with E-state index < -0.39 is 0 Å². The fourth-order valence-corrected chi connectivity index (χ4v) is 4.26. The zero-order chi connectivity index (χ0) is 20.0. The minimum atomic E-state index is -0.216. The monoisotopic (exact) mass is 394 g/mol. The molecule has 0 unspecified atom stereocenters. The Kier molecular flexibility index (Phi) is 4.67. The van der Waals surface area contributed by atoms with E-state index in [-0.39, 0.29) is 17.9 Å². The van der Waals surface area contributed by atoms with Crippen molar-refractivity contribution in [2.45, 2.75) is 32.9 Å².